The highest BCUT2D eigenvalue weighted by atomic mass is 32.1. The zero-order valence-corrected chi connectivity index (χ0v) is 10.9. The molecule has 6 heteroatoms. The van der Waals surface area contributed by atoms with Crippen LogP contribution in [0.5, 0.6) is 0 Å². The van der Waals surface area contributed by atoms with Crippen LogP contribution in [0, 0.1) is 11.8 Å². The van der Waals surface area contributed by atoms with Crippen LogP contribution in [0.4, 0.5) is 4.79 Å². The Bertz CT molecular complexity index is 433. The van der Waals surface area contributed by atoms with Gasteiger partial charge in [0.25, 0.3) is 0 Å². The van der Waals surface area contributed by atoms with Gasteiger partial charge in [-0.25, -0.2) is 4.79 Å². The zero-order valence-electron chi connectivity index (χ0n) is 10.1. The first-order chi connectivity index (χ1) is 8.58. The second-order valence-electron chi connectivity index (χ2n) is 4.57. The van der Waals surface area contributed by atoms with Crippen molar-refractivity contribution >= 4 is 23.3 Å². The smallest absolute Gasteiger partial charge is 0.317 e. The first-order valence-electron chi connectivity index (χ1n) is 5.86. The number of carboxylic acids is 1. The van der Waals surface area contributed by atoms with Gasteiger partial charge in [-0.2, -0.15) is 0 Å². The highest BCUT2D eigenvalue weighted by Crippen LogP contribution is 2.23. The largest absolute Gasteiger partial charge is 0.481 e. The van der Waals surface area contributed by atoms with Crippen LogP contribution in [-0.4, -0.2) is 35.1 Å². The van der Waals surface area contributed by atoms with Crippen LogP contribution < -0.4 is 5.32 Å². The lowest BCUT2D eigenvalue weighted by atomic mass is 9.99. The number of aliphatic carboxylic acids is 1. The molecular weight excluding hydrogens is 252 g/mol. The van der Waals surface area contributed by atoms with Gasteiger partial charge in [0.1, 0.15) is 0 Å². The van der Waals surface area contributed by atoms with Crippen LogP contribution >= 0.6 is 11.3 Å². The van der Waals surface area contributed by atoms with E-state index in [1.54, 1.807) is 16.2 Å². The van der Waals surface area contributed by atoms with Crippen LogP contribution in [0.1, 0.15) is 11.8 Å². The maximum absolute atomic E-state index is 11.9. The highest BCUT2D eigenvalue weighted by molar-refractivity contribution is 7.09. The minimum atomic E-state index is -0.823. The number of hydrogen-bond acceptors (Lipinski definition) is 3. The number of carbonyl (C=O) groups is 2. The Labute approximate surface area is 109 Å². The van der Waals surface area contributed by atoms with E-state index >= 15 is 0 Å². The van der Waals surface area contributed by atoms with E-state index in [2.05, 4.69) is 5.32 Å². The number of hydrogen-bond donors (Lipinski definition) is 2. The SMILES string of the molecule is C[C@@H]1CN(C(=O)NCc2cccs2)C[C@H]1C(=O)O. The molecule has 2 heterocycles. The van der Waals surface area contributed by atoms with Crippen molar-refractivity contribution < 1.29 is 14.7 Å². The lowest BCUT2D eigenvalue weighted by molar-refractivity contribution is -0.142. The summed E-state index contributed by atoms with van der Waals surface area (Å²) in [6.45, 7) is 3.17. The van der Waals surface area contributed by atoms with E-state index in [1.165, 1.54) is 0 Å². The third kappa shape index (κ3) is 2.81. The average Bonchev–Trinajstić information content (AvgIpc) is 2.94. The van der Waals surface area contributed by atoms with Crippen molar-refractivity contribution in [2.24, 2.45) is 11.8 Å². The molecule has 1 aromatic heterocycles. The summed E-state index contributed by atoms with van der Waals surface area (Å²) >= 11 is 1.59. The third-order valence-electron chi connectivity index (χ3n) is 3.21. The molecule has 2 rings (SSSR count). The maximum Gasteiger partial charge on any atom is 0.317 e. The summed E-state index contributed by atoms with van der Waals surface area (Å²) < 4.78 is 0. The van der Waals surface area contributed by atoms with Gasteiger partial charge in [0, 0.05) is 18.0 Å². The van der Waals surface area contributed by atoms with Gasteiger partial charge in [-0.15, -0.1) is 11.3 Å². The molecule has 1 aliphatic rings. The molecule has 2 N–H and O–H groups in total. The molecule has 0 aromatic carbocycles. The molecular formula is C12H16N2O3S. The Morgan fingerprint density at radius 2 is 2.33 bits per heavy atom. The normalized spacial score (nSPS) is 23.1. The number of amides is 2. The van der Waals surface area contributed by atoms with Crippen LogP contribution in [0.3, 0.4) is 0 Å². The summed E-state index contributed by atoms with van der Waals surface area (Å²) in [4.78, 5) is 25.5. The molecule has 0 aliphatic carbocycles. The number of rotatable bonds is 3. The monoisotopic (exact) mass is 268 g/mol. The Kier molecular flexibility index (Phi) is 3.86. The summed E-state index contributed by atoms with van der Waals surface area (Å²) in [7, 11) is 0. The standard InChI is InChI=1S/C12H16N2O3S/c1-8-6-14(7-10(8)11(15)16)12(17)13-5-9-3-2-4-18-9/h2-4,8,10H,5-7H2,1H3,(H,13,17)(H,15,16)/t8-,10-/m1/s1. The number of carboxylic acid groups (broad SMARTS) is 1. The molecule has 5 nitrogen and oxygen atoms in total. The molecule has 0 radical (unpaired) electrons. The van der Waals surface area contributed by atoms with Crippen molar-refractivity contribution in [2.75, 3.05) is 13.1 Å². The fraction of sp³-hybridized carbons (Fsp3) is 0.500. The quantitative estimate of drug-likeness (QED) is 0.875. The number of nitrogens with one attached hydrogen (secondary N) is 1. The van der Waals surface area contributed by atoms with E-state index in [9.17, 15) is 9.59 Å². The minimum Gasteiger partial charge on any atom is -0.481 e. The molecule has 0 spiro atoms. The fourth-order valence-electron chi connectivity index (χ4n) is 2.14. The molecule has 1 aliphatic heterocycles. The number of thiophene rings is 1. The first-order valence-corrected chi connectivity index (χ1v) is 6.74. The van der Waals surface area contributed by atoms with Crippen LogP contribution in [0.25, 0.3) is 0 Å². The second-order valence-corrected chi connectivity index (χ2v) is 5.60. The molecule has 18 heavy (non-hydrogen) atoms. The van der Waals surface area contributed by atoms with Gasteiger partial charge >= 0.3 is 12.0 Å². The lowest BCUT2D eigenvalue weighted by Crippen LogP contribution is -2.38. The van der Waals surface area contributed by atoms with E-state index in [4.69, 9.17) is 5.11 Å². The molecule has 1 aromatic rings. The van der Waals surface area contributed by atoms with Crippen LogP contribution in [-0.2, 0) is 11.3 Å². The number of carbonyl (C=O) groups excluding carboxylic acids is 1. The van der Waals surface area contributed by atoms with E-state index < -0.39 is 11.9 Å². The van der Waals surface area contributed by atoms with Crippen LogP contribution in [0.2, 0.25) is 0 Å². The zero-order chi connectivity index (χ0) is 13.1. The van der Waals surface area contributed by atoms with Gasteiger partial charge in [0.15, 0.2) is 0 Å². The molecule has 0 saturated carbocycles. The topological polar surface area (TPSA) is 69.6 Å². The fourth-order valence-corrected chi connectivity index (χ4v) is 2.79. The van der Waals surface area contributed by atoms with Crippen molar-refractivity contribution in [3.63, 3.8) is 0 Å². The van der Waals surface area contributed by atoms with Gasteiger partial charge in [-0.05, 0) is 17.4 Å². The molecule has 98 valence electrons. The van der Waals surface area contributed by atoms with Crippen molar-refractivity contribution in [3.8, 4) is 0 Å². The van der Waals surface area contributed by atoms with Crippen molar-refractivity contribution in [1.82, 2.24) is 10.2 Å². The summed E-state index contributed by atoms with van der Waals surface area (Å²) in [6, 6.07) is 3.71. The summed E-state index contributed by atoms with van der Waals surface area (Å²) in [6.07, 6.45) is 0. The number of likely N-dealkylation sites (tertiary alicyclic amines) is 1. The van der Waals surface area contributed by atoms with Gasteiger partial charge < -0.3 is 15.3 Å². The molecule has 1 fully saturated rings. The molecule has 2 atom stereocenters. The van der Waals surface area contributed by atoms with Gasteiger partial charge in [0.05, 0.1) is 12.5 Å². The third-order valence-corrected chi connectivity index (χ3v) is 4.09. The lowest BCUT2D eigenvalue weighted by Gasteiger charge is -2.16. The number of nitrogens with zero attached hydrogens (tertiary/aromatic N) is 1. The van der Waals surface area contributed by atoms with Gasteiger partial charge in [0.2, 0.25) is 0 Å². The molecule has 0 unspecified atom stereocenters. The molecule has 1 saturated heterocycles. The highest BCUT2D eigenvalue weighted by Gasteiger charge is 2.36. The van der Waals surface area contributed by atoms with E-state index in [-0.39, 0.29) is 11.9 Å². The summed E-state index contributed by atoms with van der Waals surface area (Å²) in [5, 5.41) is 13.8. The number of urea groups is 1. The van der Waals surface area contributed by atoms with Crippen molar-refractivity contribution in [2.45, 2.75) is 13.5 Å². The van der Waals surface area contributed by atoms with Crippen molar-refractivity contribution in [1.29, 1.82) is 0 Å². The Balaban J connectivity index is 1.85. The Morgan fingerprint density at radius 3 is 2.89 bits per heavy atom. The van der Waals surface area contributed by atoms with E-state index in [0.717, 1.165) is 4.88 Å². The molecule has 0 bridgehead atoms. The Morgan fingerprint density at radius 1 is 1.56 bits per heavy atom. The predicted octanol–water partition coefficient (Wildman–Crippen LogP) is 1.61. The predicted molar refractivity (Wildman–Crippen MR) is 68.4 cm³/mol. The summed E-state index contributed by atoms with van der Waals surface area (Å²) in [5.74, 6) is -1.26. The average molecular weight is 268 g/mol. The maximum atomic E-state index is 11.9. The Hall–Kier alpha value is -1.56. The minimum absolute atomic E-state index is 0.00925. The van der Waals surface area contributed by atoms with E-state index in [1.807, 2.05) is 24.4 Å². The second kappa shape index (κ2) is 5.39. The van der Waals surface area contributed by atoms with E-state index in [0.29, 0.717) is 19.6 Å². The van der Waals surface area contributed by atoms with Crippen LogP contribution in [0.15, 0.2) is 17.5 Å². The van der Waals surface area contributed by atoms with Gasteiger partial charge in [-0.1, -0.05) is 13.0 Å². The first kappa shape index (κ1) is 12.9. The summed E-state index contributed by atoms with van der Waals surface area (Å²) in [5.41, 5.74) is 0. The molecule has 2 amide bonds. The van der Waals surface area contributed by atoms with Gasteiger partial charge in [-0.3, -0.25) is 4.79 Å². The van der Waals surface area contributed by atoms with Crippen molar-refractivity contribution in [3.05, 3.63) is 22.4 Å².